The van der Waals surface area contributed by atoms with Crippen LogP contribution in [0.15, 0.2) is 60.7 Å². The Hall–Kier alpha value is -5.85. The van der Waals surface area contributed by atoms with Crippen molar-refractivity contribution in [1.82, 2.24) is 38.7 Å². The van der Waals surface area contributed by atoms with E-state index >= 15 is 0 Å². The summed E-state index contributed by atoms with van der Waals surface area (Å²) in [4.78, 5) is 47.9. The summed E-state index contributed by atoms with van der Waals surface area (Å²) in [6.07, 6.45) is 3.97. The number of allylic oxidation sites excluding steroid dienone is 2. The minimum atomic E-state index is -0.342. The van der Waals surface area contributed by atoms with E-state index in [4.69, 9.17) is 9.97 Å². The minimum absolute atomic E-state index is 0.0644. The Morgan fingerprint density at radius 3 is 1.81 bits per heavy atom. The van der Waals surface area contributed by atoms with Crippen molar-refractivity contribution in [2.45, 2.75) is 67.7 Å². The number of para-hydroxylation sites is 2. The molecule has 1 amide bonds. The average molecular weight is 647 g/mol. The summed E-state index contributed by atoms with van der Waals surface area (Å²) in [5.41, 5.74) is 5.72. The van der Waals surface area contributed by atoms with Crippen molar-refractivity contribution in [1.29, 1.82) is 0 Å². The number of carbonyl (C=O) groups excluding carboxylic acids is 3. The second-order valence-corrected chi connectivity index (χ2v) is 11.6. The van der Waals surface area contributed by atoms with Gasteiger partial charge in [0.25, 0.3) is 5.91 Å². The van der Waals surface area contributed by atoms with Crippen molar-refractivity contribution >= 4 is 57.3 Å². The maximum atomic E-state index is 13.4. The van der Waals surface area contributed by atoms with Gasteiger partial charge in [0.15, 0.2) is 11.6 Å². The van der Waals surface area contributed by atoms with E-state index in [1.165, 1.54) is 13.8 Å². The molecule has 13 heteroatoms. The SMILES string of the molecule is CCn1nc(C)cc1Nc1nc2c(C(C)=O)cccc2n1C/C=C/Cn1c(NC(=O)c2cc(C)nn2CC)nc2c(C(C)=O)cccc21. The first kappa shape index (κ1) is 32.1. The summed E-state index contributed by atoms with van der Waals surface area (Å²) in [6, 6.07) is 14.7. The first-order valence-electron chi connectivity index (χ1n) is 15.9. The molecule has 6 rings (SSSR count). The van der Waals surface area contributed by atoms with Crippen LogP contribution in [0.3, 0.4) is 0 Å². The molecule has 13 nitrogen and oxygen atoms in total. The summed E-state index contributed by atoms with van der Waals surface area (Å²) in [6.45, 7) is 12.8. The lowest BCUT2D eigenvalue weighted by molar-refractivity contribution is 0.100. The normalized spacial score (nSPS) is 11.6. The Morgan fingerprint density at radius 2 is 1.25 bits per heavy atom. The lowest BCUT2D eigenvalue weighted by Gasteiger charge is -2.11. The Labute approximate surface area is 277 Å². The van der Waals surface area contributed by atoms with Gasteiger partial charge in [-0.15, -0.1) is 0 Å². The van der Waals surface area contributed by atoms with Crippen LogP contribution in [0.1, 0.15) is 70.3 Å². The van der Waals surface area contributed by atoms with Crippen LogP contribution < -0.4 is 10.6 Å². The molecule has 0 atom stereocenters. The average Bonchev–Trinajstić information content (AvgIpc) is 3.81. The van der Waals surface area contributed by atoms with Gasteiger partial charge in [0.2, 0.25) is 11.9 Å². The summed E-state index contributed by atoms with van der Waals surface area (Å²) in [5, 5.41) is 15.3. The van der Waals surface area contributed by atoms with E-state index in [0.717, 1.165) is 22.7 Å². The number of aryl methyl sites for hydroxylation is 4. The van der Waals surface area contributed by atoms with Crippen LogP contribution in [-0.2, 0) is 26.2 Å². The summed E-state index contributed by atoms with van der Waals surface area (Å²) in [5.74, 6) is 1.17. The number of amides is 1. The maximum Gasteiger partial charge on any atom is 0.276 e. The first-order valence-corrected chi connectivity index (χ1v) is 15.9. The Bertz CT molecular complexity index is 2230. The highest BCUT2D eigenvalue weighted by Gasteiger charge is 2.20. The standard InChI is InChI=1S/C35H38N10O3/c1-7-44-29(19-21(3)40-44)33(48)39-35-38-32-26(24(6)47)14-12-16-28(32)43(35)18-10-9-17-42-27-15-11-13-25(23(5)46)31(27)37-34(42)36-30-20-22(4)41-45(30)8-2/h9-16,19-20H,7-8,17-18H2,1-6H3,(H,36,37)(H,38,39,48)/b10-9+. The molecule has 2 N–H and O–H groups in total. The Kier molecular flexibility index (Phi) is 8.76. The highest BCUT2D eigenvalue weighted by atomic mass is 16.2. The van der Waals surface area contributed by atoms with Crippen molar-refractivity contribution in [2.24, 2.45) is 0 Å². The molecule has 48 heavy (non-hydrogen) atoms. The van der Waals surface area contributed by atoms with E-state index in [0.29, 0.717) is 71.4 Å². The molecule has 0 radical (unpaired) electrons. The van der Waals surface area contributed by atoms with Crippen LogP contribution in [0.4, 0.5) is 17.7 Å². The number of anilines is 3. The van der Waals surface area contributed by atoms with Crippen LogP contribution in [0.5, 0.6) is 0 Å². The third kappa shape index (κ3) is 6.01. The smallest absolute Gasteiger partial charge is 0.276 e. The topological polar surface area (TPSA) is 147 Å². The van der Waals surface area contributed by atoms with Gasteiger partial charge in [-0.25, -0.2) is 14.6 Å². The molecular formula is C35H38N10O3. The number of nitrogens with one attached hydrogen (secondary N) is 2. The van der Waals surface area contributed by atoms with Gasteiger partial charge in [-0.3, -0.25) is 24.4 Å². The number of benzene rings is 2. The minimum Gasteiger partial charge on any atom is -0.310 e. The molecule has 0 aliphatic rings. The monoisotopic (exact) mass is 646 g/mol. The number of hydrogen-bond acceptors (Lipinski definition) is 8. The fourth-order valence-electron chi connectivity index (χ4n) is 5.92. The molecule has 4 heterocycles. The van der Waals surface area contributed by atoms with Gasteiger partial charge < -0.3 is 14.5 Å². The molecule has 0 fully saturated rings. The molecule has 0 spiro atoms. The van der Waals surface area contributed by atoms with Crippen LogP contribution in [0.25, 0.3) is 22.1 Å². The fourth-order valence-corrected chi connectivity index (χ4v) is 5.92. The van der Waals surface area contributed by atoms with E-state index in [9.17, 15) is 14.4 Å². The fraction of sp³-hybridized carbons (Fsp3) is 0.286. The number of Topliss-reactive ketones (excluding diaryl/α,β-unsaturated/α-hetero) is 2. The molecule has 0 saturated heterocycles. The third-order valence-electron chi connectivity index (χ3n) is 8.16. The number of ketones is 2. The number of aromatic nitrogens is 8. The molecule has 0 aliphatic carbocycles. The first-order chi connectivity index (χ1) is 23.1. The third-order valence-corrected chi connectivity index (χ3v) is 8.16. The van der Waals surface area contributed by atoms with Crippen molar-refractivity contribution in [2.75, 3.05) is 10.6 Å². The van der Waals surface area contributed by atoms with Gasteiger partial charge in [-0.1, -0.05) is 24.3 Å². The Morgan fingerprint density at radius 1 is 0.729 bits per heavy atom. The maximum absolute atomic E-state index is 13.4. The Balaban J connectivity index is 1.35. The van der Waals surface area contributed by atoms with Gasteiger partial charge in [-0.2, -0.15) is 10.2 Å². The number of imidazole rings is 2. The molecule has 0 saturated carbocycles. The zero-order valence-electron chi connectivity index (χ0n) is 27.9. The largest absolute Gasteiger partial charge is 0.310 e. The van der Waals surface area contributed by atoms with Crippen molar-refractivity contribution in [3.8, 4) is 0 Å². The molecular weight excluding hydrogens is 608 g/mol. The molecule has 0 unspecified atom stereocenters. The van der Waals surface area contributed by atoms with E-state index in [-0.39, 0.29) is 17.5 Å². The van der Waals surface area contributed by atoms with Gasteiger partial charge in [0, 0.05) is 43.4 Å². The zero-order chi connectivity index (χ0) is 34.1. The highest BCUT2D eigenvalue weighted by molar-refractivity contribution is 6.07. The molecule has 4 aromatic heterocycles. The number of fused-ring (bicyclic) bond motifs is 2. The van der Waals surface area contributed by atoms with Crippen LogP contribution in [0, 0.1) is 13.8 Å². The van der Waals surface area contributed by atoms with Gasteiger partial charge in [-0.05, 0) is 71.9 Å². The van der Waals surface area contributed by atoms with Gasteiger partial charge >= 0.3 is 0 Å². The summed E-state index contributed by atoms with van der Waals surface area (Å²) < 4.78 is 7.39. The van der Waals surface area contributed by atoms with E-state index in [2.05, 4.69) is 20.8 Å². The highest BCUT2D eigenvalue weighted by Crippen LogP contribution is 2.27. The van der Waals surface area contributed by atoms with Crippen LogP contribution >= 0.6 is 0 Å². The number of hydrogen-bond donors (Lipinski definition) is 2. The predicted octanol–water partition coefficient (Wildman–Crippen LogP) is 6.09. The molecule has 0 bridgehead atoms. The van der Waals surface area contributed by atoms with E-state index in [1.54, 1.807) is 22.9 Å². The van der Waals surface area contributed by atoms with Gasteiger partial charge in [0.1, 0.15) is 22.5 Å². The van der Waals surface area contributed by atoms with Crippen LogP contribution in [-0.4, -0.2) is 56.1 Å². The summed E-state index contributed by atoms with van der Waals surface area (Å²) >= 11 is 0. The molecule has 246 valence electrons. The van der Waals surface area contributed by atoms with Gasteiger partial charge in [0.05, 0.1) is 22.4 Å². The molecule has 6 aromatic rings. The van der Waals surface area contributed by atoms with E-state index in [1.807, 2.05) is 84.0 Å². The lowest BCUT2D eigenvalue weighted by atomic mass is 10.1. The molecule has 0 aliphatic heterocycles. The molecule has 2 aromatic carbocycles. The number of carbonyl (C=O) groups is 3. The quantitative estimate of drug-likeness (QED) is 0.120. The zero-order valence-corrected chi connectivity index (χ0v) is 27.9. The van der Waals surface area contributed by atoms with Crippen molar-refractivity contribution < 1.29 is 14.4 Å². The van der Waals surface area contributed by atoms with E-state index < -0.39 is 0 Å². The second-order valence-electron chi connectivity index (χ2n) is 11.6. The number of nitrogens with zero attached hydrogens (tertiary/aromatic N) is 8. The summed E-state index contributed by atoms with van der Waals surface area (Å²) in [7, 11) is 0. The van der Waals surface area contributed by atoms with Crippen LogP contribution in [0.2, 0.25) is 0 Å². The second kappa shape index (κ2) is 13.1. The van der Waals surface area contributed by atoms with Crippen molar-refractivity contribution in [3.05, 3.63) is 88.9 Å². The van der Waals surface area contributed by atoms with Crippen molar-refractivity contribution in [3.63, 3.8) is 0 Å². The predicted molar refractivity (Wildman–Crippen MR) is 185 cm³/mol. The number of rotatable bonds is 12. The lowest BCUT2D eigenvalue weighted by Crippen LogP contribution is -2.19.